The van der Waals surface area contributed by atoms with Crippen LogP contribution in [0, 0.1) is 0 Å². The molecule has 1 aliphatic carbocycles. The third-order valence-corrected chi connectivity index (χ3v) is 1.96. The molecule has 0 unspecified atom stereocenters. The van der Waals surface area contributed by atoms with E-state index < -0.39 is 0 Å². The second kappa shape index (κ2) is 1.58. The van der Waals surface area contributed by atoms with Gasteiger partial charge in [0.1, 0.15) is 0 Å². The summed E-state index contributed by atoms with van der Waals surface area (Å²) in [7, 11) is 3.47. The molecule has 0 atom stereocenters. The van der Waals surface area contributed by atoms with Crippen molar-refractivity contribution in [2.75, 3.05) is 0 Å². The molecular weight excluding hydrogens is 124 g/mol. The van der Waals surface area contributed by atoms with Crippen molar-refractivity contribution < 1.29 is 0 Å². The molecule has 0 amide bonds. The van der Waals surface area contributed by atoms with Gasteiger partial charge in [-0.1, -0.05) is 35.5 Å². The summed E-state index contributed by atoms with van der Waals surface area (Å²) in [4.78, 5) is 0. The number of benzene rings is 1. The molecule has 0 heterocycles. The minimum atomic E-state index is 1.21. The predicted molar refractivity (Wildman–Crippen MR) is 40.1 cm³/mol. The Kier molecular flexibility index (Phi) is 0.876. The summed E-state index contributed by atoms with van der Waals surface area (Å²) >= 11 is 0. The van der Waals surface area contributed by atoms with Crippen molar-refractivity contribution in [3.05, 3.63) is 35.4 Å². The Bertz CT molecular complexity index is 274. The first-order chi connectivity index (χ1) is 4.38. The average molecular weight is 129 g/mol. The van der Waals surface area contributed by atoms with Gasteiger partial charge < -0.3 is 0 Å². The van der Waals surface area contributed by atoms with E-state index in [-0.39, 0.29) is 0 Å². The summed E-state index contributed by atoms with van der Waals surface area (Å²) in [5.74, 6) is 0. The summed E-state index contributed by atoms with van der Waals surface area (Å²) in [6, 6.07) is 8.32. The van der Waals surface area contributed by atoms with E-state index in [1.807, 2.05) is 12.1 Å². The summed E-state index contributed by atoms with van der Waals surface area (Å²) in [5.41, 5.74) is 2.66. The second-order valence-corrected chi connectivity index (χ2v) is 2.68. The highest BCUT2D eigenvalue weighted by Gasteiger charge is 2.08. The third-order valence-electron chi connectivity index (χ3n) is 1.55. The highest BCUT2D eigenvalue weighted by Crippen LogP contribution is 2.28. The predicted octanol–water partition coefficient (Wildman–Crippen LogP) is 1.67. The van der Waals surface area contributed by atoms with E-state index in [2.05, 4.69) is 28.5 Å². The van der Waals surface area contributed by atoms with Gasteiger partial charge >= 0.3 is 0 Å². The first-order valence-corrected chi connectivity index (χ1v) is 3.40. The zero-order valence-corrected chi connectivity index (χ0v) is 5.89. The maximum atomic E-state index is 3.47. The van der Waals surface area contributed by atoms with Crippen LogP contribution in [0.2, 0.25) is 0 Å². The monoisotopic (exact) mass is 129 g/mol. The minimum absolute atomic E-state index is 1.21. The molecule has 0 aliphatic heterocycles. The fraction of sp³-hybridized carbons (Fsp3) is 0. The molecule has 0 bridgehead atoms. The topological polar surface area (TPSA) is 0 Å². The van der Waals surface area contributed by atoms with Gasteiger partial charge in [0, 0.05) is 0 Å². The first kappa shape index (κ1) is 5.00. The Morgan fingerprint density at radius 2 is 1.89 bits per heavy atom. The normalized spacial score (nSPS) is 13.7. The van der Waals surface area contributed by atoms with Gasteiger partial charge in [0.2, 0.25) is 0 Å². The fourth-order valence-corrected chi connectivity index (χ4v) is 1.41. The number of hydrogen-bond donors (Lipinski definition) is 0. The molecule has 0 saturated carbocycles. The molecule has 2 rings (SSSR count). The van der Waals surface area contributed by atoms with E-state index in [0.717, 1.165) is 0 Å². The average Bonchev–Trinajstić information content (AvgIpc) is 1.86. The highest BCUT2D eigenvalue weighted by atomic mass is 28.1. The van der Waals surface area contributed by atoms with E-state index in [0.29, 0.717) is 0 Å². The maximum Gasteiger partial charge on any atom is 0.0720 e. The maximum absolute atomic E-state index is 3.47. The Morgan fingerprint density at radius 3 is 2.44 bits per heavy atom. The largest absolute Gasteiger partial charge is 0.0720 e. The Balaban J connectivity index is 2.61. The quantitative estimate of drug-likeness (QED) is 0.467. The smallest absolute Gasteiger partial charge is 0.0616 e. The van der Waals surface area contributed by atoms with Crippen LogP contribution in [-0.4, -0.2) is 10.2 Å². The van der Waals surface area contributed by atoms with Gasteiger partial charge in [-0.3, -0.25) is 0 Å². The van der Waals surface area contributed by atoms with Gasteiger partial charge in [-0.2, -0.15) is 0 Å². The van der Waals surface area contributed by atoms with Crippen LogP contribution < -0.4 is 0 Å². The third kappa shape index (κ3) is 0.582. The van der Waals surface area contributed by atoms with Gasteiger partial charge in [-0.05, 0) is 11.1 Å². The molecule has 0 fully saturated rings. The van der Waals surface area contributed by atoms with Crippen LogP contribution in [0.15, 0.2) is 24.3 Å². The fourth-order valence-electron chi connectivity index (χ4n) is 1.02. The SMILES string of the molecule is [Si]C1=Cc2ccccc21. The van der Waals surface area contributed by atoms with E-state index in [4.69, 9.17) is 0 Å². The Labute approximate surface area is 57.6 Å². The Morgan fingerprint density at radius 1 is 1.11 bits per heavy atom. The van der Waals surface area contributed by atoms with Crippen LogP contribution in [0.3, 0.4) is 0 Å². The van der Waals surface area contributed by atoms with E-state index in [1.54, 1.807) is 0 Å². The van der Waals surface area contributed by atoms with Crippen molar-refractivity contribution >= 4 is 21.5 Å². The lowest BCUT2D eigenvalue weighted by Gasteiger charge is -2.14. The molecule has 0 spiro atoms. The van der Waals surface area contributed by atoms with E-state index >= 15 is 0 Å². The summed E-state index contributed by atoms with van der Waals surface area (Å²) in [5, 5.41) is 1.21. The lowest BCUT2D eigenvalue weighted by molar-refractivity contribution is 1.56. The van der Waals surface area contributed by atoms with Crippen LogP contribution in [-0.2, 0) is 0 Å². The molecule has 0 aromatic heterocycles. The van der Waals surface area contributed by atoms with Crippen LogP contribution in [0.1, 0.15) is 11.1 Å². The van der Waals surface area contributed by atoms with Crippen LogP contribution in [0.5, 0.6) is 0 Å². The van der Waals surface area contributed by atoms with Crippen molar-refractivity contribution in [2.45, 2.75) is 0 Å². The second-order valence-electron chi connectivity index (χ2n) is 2.15. The van der Waals surface area contributed by atoms with Crippen molar-refractivity contribution in [3.8, 4) is 0 Å². The van der Waals surface area contributed by atoms with Gasteiger partial charge in [0.05, 0.1) is 10.2 Å². The lowest BCUT2D eigenvalue weighted by atomic mass is 9.98. The molecule has 9 heavy (non-hydrogen) atoms. The van der Waals surface area contributed by atoms with E-state index in [1.165, 1.54) is 16.3 Å². The molecule has 41 valence electrons. The molecule has 3 radical (unpaired) electrons. The molecule has 1 aromatic carbocycles. The summed E-state index contributed by atoms with van der Waals surface area (Å²) in [6.45, 7) is 0. The minimum Gasteiger partial charge on any atom is -0.0616 e. The van der Waals surface area contributed by atoms with Crippen molar-refractivity contribution in [1.29, 1.82) is 0 Å². The van der Waals surface area contributed by atoms with Crippen LogP contribution in [0.4, 0.5) is 0 Å². The van der Waals surface area contributed by atoms with Crippen molar-refractivity contribution in [2.24, 2.45) is 0 Å². The highest BCUT2D eigenvalue weighted by molar-refractivity contribution is 6.48. The van der Waals surface area contributed by atoms with Crippen LogP contribution >= 0.6 is 0 Å². The van der Waals surface area contributed by atoms with Crippen molar-refractivity contribution in [1.82, 2.24) is 0 Å². The van der Waals surface area contributed by atoms with Gasteiger partial charge in [0.25, 0.3) is 0 Å². The number of hydrogen-bond acceptors (Lipinski definition) is 0. The van der Waals surface area contributed by atoms with Gasteiger partial charge in [-0.15, -0.1) is 0 Å². The molecule has 1 aromatic rings. The van der Waals surface area contributed by atoms with Gasteiger partial charge in [-0.25, -0.2) is 0 Å². The molecule has 0 N–H and O–H groups in total. The molecule has 1 heteroatoms. The zero-order chi connectivity index (χ0) is 6.27. The summed E-state index contributed by atoms with van der Waals surface area (Å²) in [6.07, 6.45) is 2.12. The number of fused-ring (bicyclic) bond motifs is 1. The lowest BCUT2D eigenvalue weighted by Crippen LogP contribution is -1.96. The van der Waals surface area contributed by atoms with Crippen molar-refractivity contribution in [3.63, 3.8) is 0 Å². The Hall–Kier alpha value is -0.823. The van der Waals surface area contributed by atoms with E-state index in [9.17, 15) is 0 Å². The van der Waals surface area contributed by atoms with Gasteiger partial charge in [0.15, 0.2) is 0 Å². The first-order valence-electron chi connectivity index (χ1n) is 2.90. The zero-order valence-electron chi connectivity index (χ0n) is 4.89. The molecule has 0 nitrogen and oxygen atoms in total. The molecule has 1 aliphatic rings. The summed E-state index contributed by atoms with van der Waals surface area (Å²) < 4.78 is 0. The standard InChI is InChI=1S/C8H5Si/c9-8-5-6-3-1-2-4-7(6)8/h1-5H. The van der Waals surface area contributed by atoms with Crippen LogP contribution in [0.25, 0.3) is 11.3 Å². The number of rotatable bonds is 0. The molecular formula is C8H5Si. The molecule has 0 saturated heterocycles.